The Labute approximate surface area is 101 Å². The molecule has 0 aliphatic carbocycles. The Bertz CT molecular complexity index is 503. The van der Waals surface area contributed by atoms with Gasteiger partial charge in [-0.25, -0.2) is 4.99 Å². The van der Waals surface area contributed by atoms with Crippen molar-refractivity contribution in [3.05, 3.63) is 38.5 Å². The number of benzene rings is 1. The van der Waals surface area contributed by atoms with Crippen LogP contribution in [0.15, 0.2) is 27.7 Å². The first-order valence-corrected chi connectivity index (χ1v) is 5.90. The van der Waals surface area contributed by atoms with Gasteiger partial charge in [-0.05, 0) is 18.2 Å². The molecule has 0 radical (unpaired) electrons. The summed E-state index contributed by atoms with van der Waals surface area (Å²) >= 11 is 9.08. The second-order valence-corrected chi connectivity index (χ2v) is 4.67. The van der Waals surface area contributed by atoms with E-state index in [1.807, 2.05) is 25.1 Å². The van der Waals surface area contributed by atoms with E-state index >= 15 is 0 Å². The molecular formula is C10H10BrClN2O. The third kappa shape index (κ3) is 1.95. The first-order chi connectivity index (χ1) is 7.13. The minimum absolute atomic E-state index is 0.0237. The van der Waals surface area contributed by atoms with Gasteiger partial charge in [-0.2, -0.15) is 0 Å². The van der Waals surface area contributed by atoms with Crippen molar-refractivity contribution in [2.75, 3.05) is 5.88 Å². The highest BCUT2D eigenvalue weighted by atomic mass is 79.9. The molecule has 1 aliphatic rings. The van der Waals surface area contributed by atoms with E-state index in [1.165, 1.54) is 0 Å². The van der Waals surface area contributed by atoms with E-state index in [2.05, 4.69) is 20.9 Å². The van der Waals surface area contributed by atoms with E-state index < -0.39 is 6.17 Å². The van der Waals surface area contributed by atoms with Gasteiger partial charge < -0.3 is 10.3 Å². The lowest BCUT2D eigenvalue weighted by Gasteiger charge is -2.29. The highest BCUT2D eigenvalue weighted by molar-refractivity contribution is 9.10. The van der Waals surface area contributed by atoms with E-state index in [0.29, 0.717) is 0 Å². The molecule has 80 valence electrons. The summed E-state index contributed by atoms with van der Waals surface area (Å²) in [4.78, 5) is 4.31. The molecule has 1 aliphatic heterocycles. The van der Waals surface area contributed by atoms with Crippen LogP contribution in [-0.2, 0) is 0 Å². The highest BCUT2D eigenvalue weighted by Gasteiger charge is 2.19. The maximum Gasteiger partial charge on any atom is 0.199 e. The molecule has 1 aromatic carbocycles. The maximum absolute atomic E-state index is 11.8. The van der Waals surface area contributed by atoms with Crippen molar-refractivity contribution in [2.24, 2.45) is 4.99 Å². The first kappa shape index (κ1) is 11.1. The SMILES string of the molecule is CC1=c2cc(Br)ccc2=NC(CCl)[NH+]1[O-]. The molecular weight excluding hydrogens is 279 g/mol. The fraction of sp³-hybridized carbons (Fsp3) is 0.300. The van der Waals surface area contributed by atoms with Crippen LogP contribution in [0.2, 0.25) is 0 Å². The minimum Gasteiger partial charge on any atom is -0.627 e. The van der Waals surface area contributed by atoms with Crippen LogP contribution in [0.1, 0.15) is 6.92 Å². The molecule has 2 rings (SSSR count). The Balaban J connectivity index is 2.72. The van der Waals surface area contributed by atoms with Crippen LogP contribution in [0, 0.1) is 5.21 Å². The number of halogens is 2. The average molecular weight is 290 g/mol. The lowest BCUT2D eigenvalue weighted by Crippen LogP contribution is -3.10. The Morgan fingerprint density at radius 1 is 1.60 bits per heavy atom. The van der Waals surface area contributed by atoms with Gasteiger partial charge in [-0.3, -0.25) is 0 Å². The molecule has 15 heavy (non-hydrogen) atoms. The summed E-state index contributed by atoms with van der Waals surface area (Å²) in [7, 11) is 0. The quantitative estimate of drug-likeness (QED) is 0.580. The molecule has 1 aromatic rings. The molecule has 0 aromatic heterocycles. The molecule has 0 fully saturated rings. The lowest BCUT2D eigenvalue weighted by atomic mass is 10.2. The number of nitrogens with zero attached hydrogens (tertiary/aromatic N) is 1. The third-order valence-electron chi connectivity index (χ3n) is 2.48. The van der Waals surface area contributed by atoms with Gasteiger partial charge in [0, 0.05) is 11.4 Å². The number of hydroxylamine groups is 2. The molecule has 0 saturated heterocycles. The van der Waals surface area contributed by atoms with Gasteiger partial charge in [-0.15, -0.1) is 11.6 Å². The summed E-state index contributed by atoms with van der Waals surface area (Å²) in [5.41, 5.74) is 0.743. The first-order valence-electron chi connectivity index (χ1n) is 4.58. The predicted molar refractivity (Wildman–Crippen MR) is 62.8 cm³/mol. The van der Waals surface area contributed by atoms with Crippen LogP contribution in [0.25, 0.3) is 5.70 Å². The van der Waals surface area contributed by atoms with E-state index in [1.54, 1.807) is 0 Å². The van der Waals surface area contributed by atoms with Gasteiger partial charge in [0.2, 0.25) is 0 Å². The topological polar surface area (TPSA) is 39.9 Å². The number of fused-ring (bicyclic) bond motifs is 1. The van der Waals surface area contributed by atoms with Crippen molar-refractivity contribution in [3.63, 3.8) is 0 Å². The molecule has 1 heterocycles. The highest BCUT2D eigenvalue weighted by Crippen LogP contribution is 2.03. The van der Waals surface area contributed by atoms with Crippen LogP contribution < -0.4 is 15.6 Å². The van der Waals surface area contributed by atoms with Gasteiger partial charge >= 0.3 is 0 Å². The number of quaternary nitrogens is 1. The van der Waals surface area contributed by atoms with Crippen molar-refractivity contribution in [1.82, 2.24) is 0 Å². The van der Waals surface area contributed by atoms with Gasteiger partial charge in [0.1, 0.15) is 5.70 Å². The van der Waals surface area contributed by atoms with E-state index in [9.17, 15) is 5.21 Å². The summed E-state index contributed by atoms with van der Waals surface area (Å²) in [6.07, 6.45) is -0.416. The van der Waals surface area contributed by atoms with E-state index in [4.69, 9.17) is 11.6 Å². The second-order valence-electron chi connectivity index (χ2n) is 3.45. The number of hydrogen-bond acceptors (Lipinski definition) is 2. The van der Waals surface area contributed by atoms with Gasteiger partial charge in [-0.1, -0.05) is 15.9 Å². The van der Waals surface area contributed by atoms with Gasteiger partial charge in [0.05, 0.1) is 16.5 Å². The molecule has 3 nitrogen and oxygen atoms in total. The van der Waals surface area contributed by atoms with Crippen molar-refractivity contribution in [1.29, 1.82) is 0 Å². The number of hydrogen-bond donors (Lipinski definition) is 1. The Hall–Kier alpha value is -0.420. The molecule has 0 saturated carbocycles. The summed E-state index contributed by atoms with van der Waals surface area (Å²) in [5.74, 6) is 0.242. The van der Waals surface area contributed by atoms with E-state index in [-0.39, 0.29) is 10.9 Å². The molecule has 0 amide bonds. The van der Waals surface area contributed by atoms with Crippen LogP contribution in [-0.4, -0.2) is 12.0 Å². The molecule has 0 bridgehead atoms. The predicted octanol–water partition coefficient (Wildman–Crippen LogP) is 0.158. The monoisotopic (exact) mass is 288 g/mol. The third-order valence-corrected chi connectivity index (χ3v) is 3.26. The van der Waals surface area contributed by atoms with Gasteiger partial charge in [0.15, 0.2) is 6.17 Å². The number of alkyl halides is 1. The summed E-state index contributed by atoms with van der Waals surface area (Å²) in [5, 5.41) is 13.6. The second kappa shape index (κ2) is 4.22. The van der Waals surface area contributed by atoms with Crippen LogP contribution in [0.5, 0.6) is 0 Å². The number of rotatable bonds is 1. The summed E-state index contributed by atoms with van der Waals surface area (Å²) in [6.45, 7) is 1.82. The largest absolute Gasteiger partial charge is 0.627 e. The molecule has 2 unspecified atom stereocenters. The zero-order valence-corrected chi connectivity index (χ0v) is 10.5. The van der Waals surface area contributed by atoms with Crippen LogP contribution in [0.3, 0.4) is 0 Å². The standard InChI is InChI=1S/C10H10BrClN2O/c1-6-8-4-7(11)2-3-9(8)13-10(5-12)14(6)15/h2-4,10,14H,5H2,1H3. The lowest BCUT2D eigenvalue weighted by molar-refractivity contribution is -0.799. The Kier molecular flexibility index (Phi) is 3.11. The fourth-order valence-electron chi connectivity index (χ4n) is 1.63. The zero-order chi connectivity index (χ0) is 11.0. The summed E-state index contributed by atoms with van der Waals surface area (Å²) in [6, 6.07) is 5.72. The van der Waals surface area contributed by atoms with E-state index in [0.717, 1.165) is 20.7 Å². The van der Waals surface area contributed by atoms with Crippen molar-refractivity contribution < 1.29 is 5.06 Å². The smallest absolute Gasteiger partial charge is 0.199 e. The molecule has 1 N–H and O–H groups in total. The Morgan fingerprint density at radius 2 is 2.33 bits per heavy atom. The minimum atomic E-state index is -0.416. The molecule has 0 spiro atoms. The van der Waals surface area contributed by atoms with Gasteiger partial charge in [0.25, 0.3) is 0 Å². The molecule has 2 atom stereocenters. The van der Waals surface area contributed by atoms with Crippen LogP contribution >= 0.6 is 27.5 Å². The maximum atomic E-state index is 11.8. The summed E-state index contributed by atoms with van der Waals surface area (Å²) < 4.78 is 0.952. The fourth-order valence-corrected chi connectivity index (χ4v) is 2.21. The van der Waals surface area contributed by atoms with Crippen LogP contribution in [0.4, 0.5) is 0 Å². The van der Waals surface area contributed by atoms with Crippen molar-refractivity contribution >= 4 is 33.2 Å². The number of nitrogens with one attached hydrogen (secondary N) is 1. The molecule has 5 heteroatoms. The average Bonchev–Trinajstić information content (AvgIpc) is 2.24. The van der Waals surface area contributed by atoms with Crippen molar-refractivity contribution in [2.45, 2.75) is 13.1 Å². The Morgan fingerprint density at radius 3 is 3.00 bits per heavy atom. The normalized spacial score (nSPS) is 24.7. The zero-order valence-electron chi connectivity index (χ0n) is 8.13. The van der Waals surface area contributed by atoms with Crippen molar-refractivity contribution in [3.8, 4) is 0 Å².